The molecule has 5 aromatic rings. The predicted molar refractivity (Wildman–Crippen MR) is 219 cm³/mol. The van der Waals surface area contributed by atoms with Gasteiger partial charge >= 0.3 is 6.09 Å². The fraction of sp³-hybridized carbons (Fsp3) is 0.450. The molecule has 1 aromatic carbocycles. The van der Waals surface area contributed by atoms with Crippen LogP contribution in [0.5, 0.6) is 0 Å². The van der Waals surface area contributed by atoms with E-state index in [0.29, 0.717) is 0 Å². The molecule has 0 spiro atoms. The number of amides is 4. The lowest BCUT2D eigenvalue weighted by Crippen LogP contribution is -2.38. The molecule has 0 atom stereocenters. The maximum Gasteiger partial charge on any atom is 0.407 e. The minimum atomic E-state index is -0.562. The summed E-state index contributed by atoms with van der Waals surface area (Å²) in [6.07, 6.45) is 15.5. The zero-order valence-electron chi connectivity index (χ0n) is 33.0. The molecule has 0 bridgehead atoms. The quantitative estimate of drug-likeness (QED) is 0.138. The molecule has 0 saturated carbocycles. The van der Waals surface area contributed by atoms with Crippen LogP contribution in [0.25, 0.3) is 38.4 Å². The normalized spacial score (nSPS) is 12.8. The minimum Gasteiger partial charge on any atom is -0.453 e. The van der Waals surface area contributed by atoms with Crippen LogP contribution in [0.3, 0.4) is 0 Å². The molecule has 0 aliphatic carbocycles. The number of hydrogen-bond acceptors (Lipinski definition) is 8. The molecule has 4 N–H and O–H groups in total. The molecule has 14 nitrogen and oxygen atoms in total. The number of likely N-dealkylation sites (tertiary alicyclic amines) is 2. The van der Waals surface area contributed by atoms with E-state index >= 15 is 0 Å². The van der Waals surface area contributed by atoms with Gasteiger partial charge in [-0.2, -0.15) is 0 Å². The third kappa shape index (κ3) is 14.0. The number of thiophene rings is 1. The smallest absolute Gasteiger partial charge is 0.407 e. The van der Waals surface area contributed by atoms with Crippen molar-refractivity contribution in [2.24, 2.45) is 0 Å². The molecule has 2 aliphatic rings. The Morgan fingerprint density at radius 1 is 0.764 bits per heavy atom. The highest BCUT2D eigenvalue weighted by Gasteiger charge is 2.19. The number of aromatic amines is 2. The summed E-state index contributed by atoms with van der Waals surface area (Å²) in [7, 11) is 1.27. The highest BCUT2D eigenvalue weighted by molar-refractivity contribution is 7.17. The van der Waals surface area contributed by atoms with Gasteiger partial charge in [-0.1, -0.05) is 52.7 Å². The minimum absolute atomic E-state index is 0.0303. The summed E-state index contributed by atoms with van der Waals surface area (Å²) in [5.41, 5.74) is 5.54. The lowest BCUT2D eigenvalue weighted by atomic mass is 10.1. The van der Waals surface area contributed by atoms with Gasteiger partial charge in [0.05, 0.1) is 50.1 Å². The van der Waals surface area contributed by atoms with Gasteiger partial charge in [0, 0.05) is 61.3 Å². The topological polar surface area (TPSA) is 170 Å². The third-order valence-electron chi connectivity index (χ3n) is 8.14. The van der Waals surface area contributed by atoms with Gasteiger partial charge in [0.15, 0.2) is 0 Å². The van der Waals surface area contributed by atoms with Gasteiger partial charge in [-0.15, -0.1) is 11.3 Å². The highest BCUT2D eigenvalue weighted by Crippen LogP contribution is 2.35. The van der Waals surface area contributed by atoms with Gasteiger partial charge in [-0.3, -0.25) is 14.4 Å². The summed E-state index contributed by atoms with van der Waals surface area (Å²) >= 11 is 1.74. The summed E-state index contributed by atoms with van der Waals surface area (Å²) in [5, 5.41) is 8.26. The molecule has 55 heavy (non-hydrogen) atoms. The fourth-order valence-corrected chi connectivity index (χ4v) is 6.60. The zero-order valence-corrected chi connectivity index (χ0v) is 33.8. The van der Waals surface area contributed by atoms with Gasteiger partial charge in [-0.25, -0.2) is 14.8 Å². The first kappa shape index (κ1) is 44.0. The Morgan fingerprint density at radius 3 is 1.75 bits per heavy atom. The number of nitrogens with one attached hydrogen (secondary N) is 4. The van der Waals surface area contributed by atoms with Crippen LogP contribution in [0.1, 0.15) is 73.1 Å². The van der Waals surface area contributed by atoms with E-state index in [1.165, 1.54) is 42.7 Å². The Kier molecular flexibility index (Phi) is 19.2. The maximum absolute atomic E-state index is 11.3. The lowest BCUT2D eigenvalue weighted by Gasteiger charge is -2.14. The van der Waals surface area contributed by atoms with Gasteiger partial charge in [0.1, 0.15) is 11.4 Å². The van der Waals surface area contributed by atoms with Crippen LogP contribution in [0, 0.1) is 0 Å². The maximum atomic E-state index is 11.3. The molecule has 2 fully saturated rings. The van der Waals surface area contributed by atoms with Crippen molar-refractivity contribution in [2.45, 2.75) is 73.1 Å². The van der Waals surface area contributed by atoms with Crippen LogP contribution in [-0.2, 0) is 19.1 Å². The highest BCUT2D eigenvalue weighted by atomic mass is 32.1. The largest absolute Gasteiger partial charge is 0.453 e. The Labute approximate surface area is 328 Å². The first-order valence-electron chi connectivity index (χ1n) is 18.9. The first-order chi connectivity index (χ1) is 26.7. The number of alkyl carbamates (subject to hydrolysis) is 1. The van der Waals surface area contributed by atoms with E-state index in [1.54, 1.807) is 33.8 Å². The number of imidazole rings is 2. The van der Waals surface area contributed by atoms with Gasteiger partial charge < -0.3 is 39.7 Å². The molecule has 4 amide bonds. The zero-order chi connectivity index (χ0) is 40.0. The van der Waals surface area contributed by atoms with Crippen molar-refractivity contribution in [1.82, 2.24) is 44.9 Å². The van der Waals surface area contributed by atoms with Crippen molar-refractivity contribution < 1.29 is 23.9 Å². The molecular weight excluding hydrogens is 719 g/mol. The summed E-state index contributed by atoms with van der Waals surface area (Å²) in [4.78, 5) is 63.0. The van der Waals surface area contributed by atoms with Gasteiger partial charge in [0.25, 0.3) is 0 Å². The summed E-state index contributed by atoms with van der Waals surface area (Å²) in [6.45, 7) is 13.4. The number of rotatable bonds is 7. The fourth-order valence-electron chi connectivity index (χ4n) is 5.53. The molecule has 0 unspecified atom stereocenters. The van der Waals surface area contributed by atoms with Crippen LogP contribution in [0.2, 0.25) is 0 Å². The predicted octanol–water partition coefficient (Wildman–Crippen LogP) is 7.01. The molecule has 0 radical (unpaired) electrons. The second kappa shape index (κ2) is 24.1. The average molecular weight is 776 g/mol. The number of carbonyl (C=O) groups is 4. The number of aromatic nitrogens is 5. The van der Waals surface area contributed by atoms with E-state index in [2.05, 4.69) is 109 Å². The van der Waals surface area contributed by atoms with E-state index in [-0.39, 0.29) is 30.8 Å². The molecule has 4 aromatic heterocycles. The second-order valence-corrected chi connectivity index (χ2v) is 13.7. The second-order valence-electron chi connectivity index (χ2n) is 12.9. The van der Waals surface area contributed by atoms with Crippen LogP contribution in [-0.4, -0.2) is 104 Å². The number of ether oxygens (including phenoxy) is 1. The SMILES string of the molecule is CC(=O)NCC(=O)N1CCCC1.CCC.CCC.COC(=O)NCC(=O)N1CCCC1.c1ncc(-c2ccc(-n3ccc4c(-c5cnc[nH]5)csc43)cc2)[nH]1. The monoisotopic (exact) mass is 775 g/mol. The van der Waals surface area contributed by atoms with Crippen LogP contribution in [0.15, 0.2) is 67.0 Å². The van der Waals surface area contributed by atoms with E-state index in [4.69, 9.17) is 0 Å². The van der Waals surface area contributed by atoms with Crippen molar-refractivity contribution in [3.63, 3.8) is 0 Å². The number of benzene rings is 1. The van der Waals surface area contributed by atoms with Crippen molar-refractivity contribution >= 4 is 45.4 Å². The van der Waals surface area contributed by atoms with E-state index in [1.807, 2.05) is 12.4 Å². The van der Waals surface area contributed by atoms with E-state index in [9.17, 15) is 19.2 Å². The number of fused-ring (bicyclic) bond motifs is 1. The summed E-state index contributed by atoms with van der Waals surface area (Å²) < 4.78 is 6.56. The molecule has 7 rings (SSSR count). The third-order valence-corrected chi connectivity index (χ3v) is 9.13. The number of nitrogens with zero attached hydrogens (tertiary/aromatic N) is 5. The van der Waals surface area contributed by atoms with E-state index < -0.39 is 6.09 Å². The molecule has 2 saturated heterocycles. The number of methoxy groups -OCH3 is 1. The lowest BCUT2D eigenvalue weighted by molar-refractivity contribution is -0.131. The molecule has 15 heteroatoms. The Bertz CT molecular complexity index is 1840. The Hall–Kier alpha value is -5.44. The van der Waals surface area contributed by atoms with Crippen molar-refractivity contribution in [1.29, 1.82) is 0 Å². The standard InChI is InChI=1S/C18H13N5S.C8H14N2O3.C8H14N2O2.2C3H8/c1-3-13(4-2-12(1)16-7-19-10-21-16)23-6-5-14-15(9-24-18(14)23)17-8-20-11-22-17;1-13-8(12)9-6-7(11)10-4-2-3-5-10;1-7(11)9-6-8(12)10-4-2-3-5-10;2*1-3-2/h1-11H,(H,19,21)(H,20,22);2-6H2,1H3,(H,9,12);2-6H2,1H3,(H,9,11);2*3H2,1-2H3. The van der Waals surface area contributed by atoms with Crippen molar-refractivity contribution in [2.75, 3.05) is 46.4 Å². The van der Waals surface area contributed by atoms with Gasteiger partial charge in [-0.05, 0) is 49.4 Å². The van der Waals surface area contributed by atoms with E-state index in [0.717, 1.165) is 74.5 Å². The Morgan fingerprint density at radius 2 is 1.27 bits per heavy atom. The summed E-state index contributed by atoms with van der Waals surface area (Å²) in [5.74, 6) is -0.159. The number of H-pyrrole nitrogens is 2. The summed E-state index contributed by atoms with van der Waals surface area (Å²) in [6, 6.07) is 10.6. The number of hydrogen-bond donors (Lipinski definition) is 4. The van der Waals surface area contributed by atoms with Crippen molar-refractivity contribution in [3.8, 4) is 28.2 Å². The van der Waals surface area contributed by atoms with Crippen LogP contribution < -0.4 is 10.6 Å². The first-order valence-corrected chi connectivity index (χ1v) is 19.8. The van der Waals surface area contributed by atoms with Crippen LogP contribution >= 0.6 is 11.3 Å². The number of carbonyl (C=O) groups excluding carboxylic acids is 4. The van der Waals surface area contributed by atoms with Crippen molar-refractivity contribution in [3.05, 3.63) is 67.0 Å². The molecule has 2 aliphatic heterocycles. The average Bonchev–Trinajstić information content (AvgIpc) is 4.04. The Balaban J connectivity index is 0.000000224. The molecule has 6 heterocycles. The van der Waals surface area contributed by atoms with Crippen LogP contribution in [0.4, 0.5) is 4.79 Å². The molecule has 298 valence electrons. The van der Waals surface area contributed by atoms with Gasteiger partial charge in [0.2, 0.25) is 17.7 Å². The molecular formula is C40H57N9O5S.